The number of hydrogen-bond acceptors (Lipinski definition) is 6. The fourth-order valence-corrected chi connectivity index (χ4v) is 2.31. The average Bonchev–Trinajstić information content (AvgIpc) is 3.01. The molecular weight excluding hydrogens is 288 g/mol. The summed E-state index contributed by atoms with van der Waals surface area (Å²) >= 11 is 0. The van der Waals surface area contributed by atoms with E-state index >= 15 is 0 Å². The second kappa shape index (κ2) is 5.80. The molecule has 0 fully saturated rings. The van der Waals surface area contributed by atoms with Gasteiger partial charge in [-0.1, -0.05) is 5.16 Å². The molecule has 1 aliphatic carbocycles. The maximum absolute atomic E-state index is 11.9. The van der Waals surface area contributed by atoms with Gasteiger partial charge in [0.25, 0.3) is 5.69 Å². The normalized spacial score (nSPS) is 15.4. The van der Waals surface area contributed by atoms with E-state index in [0.29, 0.717) is 12.1 Å². The van der Waals surface area contributed by atoms with Crippen LogP contribution < -0.4 is 0 Å². The highest BCUT2D eigenvalue weighted by Gasteiger charge is 2.19. The second-order valence-electron chi connectivity index (χ2n) is 4.83. The van der Waals surface area contributed by atoms with Gasteiger partial charge in [-0.15, -0.1) is 0 Å². The fourth-order valence-electron chi connectivity index (χ4n) is 2.31. The number of furan rings is 1. The standard InChI is InChI=1S/C15H12N2O5/c18-15(10-4-6-11(7-5-10)17(19)20)22-16-13-2-1-3-14-12(13)8-9-21-14/h4-9H,1-3H2/b16-13-. The number of rotatable bonds is 3. The first-order valence-electron chi connectivity index (χ1n) is 6.74. The predicted octanol–water partition coefficient (Wildman–Crippen LogP) is 3.09. The van der Waals surface area contributed by atoms with Crippen LogP contribution in [0.5, 0.6) is 0 Å². The third kappa shape index (κ3) is 2.73. The fraction of sp³-hybridized carbons (Fsp3) is 0.200. The van der Waals surface area contributed by atoms with Gasteiger partial charge in [0.05, 0.1) is 22.5 Å². The van der Waals surface area contributed by atoms with Crippen molar-refractivity contribution in [1.82, 2.24) is 0 Å². The Hall–Kier alpha value is -2.96. The Bertz CT molecular complexity index is 746. The number of nitro groups is 1. The van der Waals surface area contributed by atoms with Crippen molar-refractivity contribution in [2.24, 2.45) is 5.16 Å². The molecule has 0 atom stereocenters. The Balaban J connectivity index is 1.73. The van der Waals surface area contributed by atoms with Crippen LogP contribution in [0.4, 0.5) is 5.69 Å². The molecule has 7 heteroatoms. The Morgan fingerprint density at radius 1 is 1.23 bits per heavy atom. The molecule has 0 saturated carbocycles. The summed E-state index contributed by atoms with van der Waals surface area (Å²) in [5.41, 5.74) is 1.66. The third-order valence-corrected chi connectivity index (χ3v) is 3.43. The molecule has 0 N–H and O–H groups in total. The van der Waals surface area contributed by atoms with Crippen LogP contribution in [0.3, 0.4) is 0 Å². The lowest BCUT2D eigenvalue weighted by Gasteiger charge is -2.11. The molecule has 22 heavy (non-hydrogen) atoms. The van der Waals surface area contributed by atoms with Gasteiger partial charge in [-0.05, 0) is 31.0 Å². The maximum atomic E-state index is 11.9. The molecule has 0 spiro atoms. The van der Waals surface area contributed by atoms with Gasteiger partial charge in [0.15, 0.2) is 0 Å². The van der Waals surface area contributed by atoms with Crippen LogP contribution in [-0.4, -0.2) is 16.6 Å². The molecule has 1 aliphatic rings. The zero-order valence-electron chi connectivity index (χ0n) is 11.5. The van der Waals surface area contributed by atoms with E-state index in [1.54, 1.807) is 12.3 Å². The van der Waals surface area contributed by atoms with Gasteiger partial charge >= 0.3 is 5.97 Å². The van der Waals surface area contributed by atoms with Crippen LogP contribution in [0.1, 0.15) is 34.5 Å². The first-order chi connectivity index (χ1) is 10.6. The third-order valence-electron chi connectivity index (χ3n) is 3.43. The molecule has 2 aromatic rings. The van der Waals surface area contributed by atoms with E-state index in [9.17, 15) is 14.9 Å². The Morgan fingerprint density at radius 2 is 2.00 bits per heavy atom. The monoisotopic (exact) mass is 300 g/mol. The highest BCUT2D eigenvalue weighted by atomic mass is 16.7. The van der Waals surface area contributed by atoms with Gasteiger partial charge in [0.2, 0.25) is 0 Å². The van der Waals surface area contributed by atoms with Crippen molar-refractivity contribution < 1.29 is 19.0 Å². The van der Waals surface area contributed by atoms with E-state index in [4.69, 9.17) is 9.25 Å². The quantitative estimate of drug-likeness (QED) is 0.493. The van der Waals surface area contributed by atoms with Crippen LogP contribution in [-0.2, 0) is 11.3 Å². The minimum absolute atomic E-state index is 0.0850. The summed E-state index contributed by atoms with van der Waals surface area (Å²) in [7, 11) is 0. The van der Waals surface area contributed by atoms with E-state index in [1.807, 2.05) is 0 Å². The number of carbonyl (C=O) groups excluding carboxylic acids is 1. The lowest BCUT2D eigenvalue weighted by molar-refractivity contribution is -0.384. The summed E-state index contributed by atoms with van der Waals surface area (Å²) < 4.78 is 5.33. The van der Waals surface area contributed by atoms with Crippen molar-refractivity contribution in [3.05, 3.63) is 63.6 Å². The summed E-state index contributed by atoms with van der Waals surface area (Å²) in [4.78, 5) is 26.9. The molecule has 0 unspecified atom stereocenters. The van der Waals surface area contributed by atoms with Crippen LogP contribution in [0.15, 0.2) is 46.2 Å². The van der Waals surface area contributed by atoms with Crippen LogP contribution >= 0.6 is 0 Å². The number of aryl methyl sites for hydroxylation is 1. The van der Waals surface area contributed by atoms with Gasteiger partial charge < -0.3 is 9.25 Å². The number of non-ortho nitro benzene ring substituents is 1. The number of nitrogens with zero attached hydrogens (tertiary/aromatic N) is 2. The molecule has 0 radical (unpaired) electrons. The molecule has 7 nitrogen and oxygen atoms in total. The highest BCUT2D eigenvalue weighted by molar-refractivity contribution is 6.02. The molecule has 3 rings (SSSR count). The number of benzene rings is 1. The molecule has 1 aromatic heterocycles. The largest absolute Gasteiger partial charge is 0.469 e. The second-order valence-corrected chi connectivity index (χ2v) is 4.83. The van der Waals surface area contributed by atoms with Crippen LogP contribution in [0, 0.1) is 10.1 Å². The Kier molecular flexibility index (Phi) is 3.69. The van der Waals surface area contributed by atoms with E-state index < -0.39 is 10.9 Å². The lowest BCUT2D eigenvalue weighted by Crippen LogP contribution is -2.11. The summed E-state index contributed by atoms with van der Waals surface area (Å²) in [5.74, 6) is 0.189. The number of hydrogen-bond donors (Lipinski definition) is 0. The van der Waals surface area contributed by atoms with Gasteiger partial charge in [0, 0.05) is 24.1 Å². The number of fused-ring (bicyclic) bond motifs is 1. The topological polar surface area (TPSA) is 94.9 Å². The lowest BCUT2D eigenvalue weighted by atomic mass is 9.97. The van der Waals surface area contributed by atoms with Gasteiger partial charge in [-0.25, -0.2) is 4.79 Å². The summed E-state index contributed by atoms with van der Waals surface area (Å²) in [6.45, 7) is 0. The SMILES string of the molecule is O=C(O/N=C1/CCCc2occc21)c1ccc([N+](=O)[O-])cc1. The molecule has 0 saturated heterocycles. The van der Waals surface area contributed by atoms with Gasteiger partial charge in [0.1, 0.15) is 5.76 Å². The summed E-state index contributed by atoms with van der Waals surface area (Å²) in [5, 5.41) is 14.5. The van der Waals surface area contributed by atoms with Crippen molar-refractivity contribution in [2.45, 2.75) is 19.3 Å². The molecule has 0 aliphatic heterocycles. The van der Waals surface area contributed by atoms with E-state index in [2.05, 4.69) is 5.16 Å². The number of nitro benzene ring substituents is 1. The summed E-state index contributed by atoms with van der Waals surface area (Å²) in [6.07, 6.45) is 4.02. The van der Waals surface area contributed by atoms with Gasteiger partial charge in [-0.3, -0.25) is 10.1 Å². The molecule has 1 heterocycles. The predicted molar refractivity (Wildman–Crippen MR) is 76.7 cm³/mol. The van der Waals surface area contributed by atoms with Gasteiger partial charge in [-0.2, -0.15) is 0 Å². The van der Waals surface area contributed by atoms with E-state index in [0.717, 1.165) is 24.2 Å². The number of oxime groups is 1. The van der Waals surface area contributed by atoms with Crippen molar-refractivity contribution in [1.29, 1.82) is 0 Å². The summed E-state index contributed by atoms with van der Waals surface area (Å²) in [6, 6.07) is 6.97. The van der Waals surface area contributed by atoms with E-state index in [-0.39, 0.29) is 11.3 Å². The highest BCUT2D eigenvalue weighted by Crippen LogP contribution is 2.23. The Labute approximate surface area is 125 Å². The smallest absolute Gasteiger partial charge is 0.365 e. The molecule has 0 amide bonds. The molecule has 112 valence electrons. The number of carbonyl (C=O) groups is 1. The molecular formula is C15H12N2O5. The average molecular weight is 300 g/mol. The van der Waals surface area contributed by atoms with E-state index in [1.165, 1.54) is 24.3 Å². The first-order valence-corrected chi connectivity index (χ1v) is 6.74. The van der Waals surface area contributed by atoms with Crippen LogP contribution in [0.25, 0.3) is 0 Å². The van der Waals surface area contributed by atoms with Crippen LogP contribution in [0.2, 0.25) is 0 Å². The minimum atomic E-state index is -0.655. The van der Waals surface area contributed by atoms with Crippen molar-refractivity contribution >= 4 is 17.4 Å². The molecule has 1 aromatic carbocycles. The van der Waals surface area contributed by atoms with Crippen molar-refractivity contribution in [3.8, 4) is 0 Å². The Morgan fingerprint density at radius 3 is 2.73 bits per heavy atom. The zero-order valence-corrected chi connectivity index (χ0v) is 11.5. The van der Waals surface area contributed by atoms with Crippen molar-refractivity contribution in [2.75, 3.05) is 0 Å². The molecule has 0 bridgehead atoms. The maximum Gasteiger partial charge on any atom is 0.365 e. The minimum Gasteiger partial charge on any atom is -0.469 e. The zero-order chi connectivity index (χ0) is 15.5. The first kappa shape index (κ1) is 14.0. The van der Waals surface area contributed by atoms with Crippen molar-refractivity contribution in [3.63, 3.8) is 0 Å².